The van der Waals surface area contributed by atoms with Crippen molar-refractivity contribution in [3.05, 3.63) is 229 Å². The van der Waals surface area contributed by atoms with E-state index in [0.717, 1.165) is 28.1 Å². The molecule has 9 aromatic rings. The number of allylic oxidation sites excluding steroid dienone is 4. The van der Waals surface area contributed by atoms with Crippen molar-refractivity contribution < 1.29 is 0 Å². The van der Waals surface area contributed by atoms with Gasteiger partial charge in [-0.25, -0.2) is 4.98 Å². The van der Waals surface area contributed by atoms with E-state index in [4.69, 9.17) is 4.98 Å². The summed E-state index contributed by atoms with van der Waals surface area (Å²) in [6.07, 6.45) is 9.42. The maximum Gasteiger partial charge on any atom is 0.0715 e. The minimum absolute atomic E-state index is 0.240. The Morgan fingerprint density at radius 2 is 1.07 bits per heavy atom. The fraction of sp³-hybridized carbons (Fsp3) is 0.0556. The smallest absolute Gasteiger partial charge is 0.0715 e. The Bertz CT molecular complexity index is 3040. The Hall–Kier alpha value is -7.03. The van der Waals surface area contributed by atoms with Gasteiger partial charge in [0.05, 0.1) is 33.5 Å². The van der Waals surface area contributed by atoms with Crippen molar-refractivity contribution in [3.8, 4) is 50.5 Å². The summed E-state index contributed by atoms with van der Waals surface area (Å²) in [5.41, 5.74) is 17.9. The summed E-state index contributed by atoms with van der Waals surface area (Å²) >= 11 is 0. The Morgan fingerprint density at radius 1 is 0.429 bits per heavy atom. The van der Waals surface area contributed by atoms with Gasteiger partial charge in [-0.1, -0.05) is 164 Å². The van der Waals surface area contributed by atoms with Gasteiger partial charge in [0.15, 0.2) is 0 Å². The van der Waals surface area contributed by atoms with E-state index in [0.29, 0.717) is 5.92 Å². The maximum atomic E-state index is 5.31. The average Bonchev–Trinajstić information content (AvgIpc) is 3.77. The maximum absolute atomic E-state index is 5.31. The third-order valence-corrected chi connectivity index (χ3v) is 12.6. The number of fused-ring (bicyclic) bond motifs is 12. The largest absolute Gasteiger partial charge is 0.309 e. The zero-order chi connectivity index (χ0) is 36.8. The van der Waals surface area contributed by atoms with Crippen molar-refractivity contribution in [2.45, 2.75) is 11.3 Å². The lowest BCUT2D eigenvalue weighted by atomic mass is 9.61. The van der Waals surface area contributed by atoms with E-state index in [1.165, 1.54) is 66.4 Å². The van der Waals surface area contributed by atoms with Gasteiger partial charge in [-0.2, -0.15) is 0 Å². The topological polar surface area (TPSA) is 17.8 Å². The Balaban J connectivity index is 1.13. The molecule has 12 rings (SSSR count). The van der Waals surface area contributed by atoms with E-state index < -0.39 is 0 Å². The van der Waals surface area contributed by atoms with E-state index in [-0.39, 0.29) is 11.3 Å². The van der Waals surface area contributed by atoms with Crippen molar-refractivity contribution in [3.63, 3.8) is 0 Å². The standard InChI is InChI=1S/C54H36N2/c1-3-16-35(17-4-1)40-33-49(36-18-5-2-6-19-36)55-50(34-40)38-21-15-20-37(30-38)39-31-44-43-24-9-13-28-51(43)56-52-29-14-12-27-47(52)54(48(32-39)53(44)56)45-25-10-7-22-41(45)42-23-8-11-26-46(42)54/h1-34,41,45H. The van der Waals surface area contributed by atoms with E-state index in [9.17, 15) is 0 Å². The highest BCUT2D eigenvalue weighted by Crippen LogP contribution is 2.64. The van der Waals surface area contributed by atoms with Crippen molar-refractivity contribution >= 4 is 21.8 Å². The molecule has 2 aliphatic carbocycles. The van der Waals surface area contributed by atoms with Crippen LogP contribution in [0.3, 0.4) is 0 Å². The van der Waals surface area contributed by atoms with Gasteiger partial charge >= 0.3 is 0 Å². The highest BCUT2D eigenvalue weighted by molar-refractivity contribution is 6.13. The normalized spacial score (nSPS) is 18.6. The van der Waals surface area contributed by atoms with Crippen molar-refractivity contribution in [1.82, 2.24) is 9.55 Å². The van der Waals surface area contributed by atoms with Crippen LogP contribution in [0, 0.1) is 5.92 Å². The summed E-state index contributed by atoms with van der Waals surface area (Å²) in [7, 11) is 0. The SMILES string of the molecule is C1=CC2c3ccccc3C3(c4ccccc4-n4c5ccccc5c5cc(-c6cccc(-c7cc(-c8ccccc8)cc(-c8ccccc8)n7)c6)cc3c54)C2C=C1. The van der Waals surface area contributed by atoms with Gasteiger partial charge in [0.2, 0.25) is 0 Å². The molecule has 0 saturated heterocycles. The van der Waals surface area contributed by atoms with Crippen LogP contribution >= 0.6 is 0 Å². The second kappa shape index (κ2) is 12.0. The van der Waals surface area contributed by atoms with Gasteiger partial charge in [-0.05, 0) is 87.0 Å². The number of rotatable bonds is 4. The molecular weight excluding hydrogens is 677 g/mol. The third-order valence-electron chi connectivity index (χ3n) is 12.6. The molecule has 0 N–H and O–H groups in total. The van der Waals surface area contributed by atoms with Crippen molar-refractivity contribution in [2.24, 2.45) is 5.92 Å². The summed E-state index contributed by atoms with van der Waals surface area (Å²) in [5.74, 6) is 0.535. The quantitative estimate of drug-likeness (QED) is 0.178. The van der Waals surface area contributed by atoms with E-state index in [1.54, 1.807) is 0 Å². The number of benzene rings is 7. The predicted molar refractivity (Wildman–Crippen MR) is 231 cm³/mol. The molecule has 1 aliphatic heterocycles. The molecule has 2 heteroatoms. The lowest BCUT2D eigenvalue weighted by Crippen LogP contribution is -2.38. The first kappa shape index (κ1) is 31.3. The molecule has 3 unspecified atom stereocenters. The highest BCUT2D eigenvalue weighted by Gasteiger charge is 2.56. The monoisotopic (exact) mass is 712 g/mol. The number of para-hydroxylation sites is 2. The first-order valence-electron chi connectivity index (χ1n) is 19.6. The highest BCUT2D eigenvalue weighted by atomic mass is 15.0. The fourth-order valence-electron chi connectivity index (χ4n) is 10.3. The second-order valence-electron chi connectivity index (χ2n) is 15.4. The molecule has 262 valence electrons. The van der Waals surface area contributed by atoms with Gasteiger partial charge in [-0.15, -0.1) is 0 Å². The number of hydrogen-bond donors (Lipinski definition) is 0. The Kier molecular flexibility index (Phi) is 6.71. The van der Waals surface area contributed by atoms with E-state index in [2.05, 4.69) is 211 Å². The lowest BCUT2D eigenvalue weighted by molar-refractivity contribution is 0.454. The first-order chi connectivity index (χ1) is 27.8. The molecule has 2 aromatic heterocycles. The summed E-state index contributed by atoms with van der Waals surface area (Å²) in [6.45, 7) is 0. The lowest BCUT2D eigenvalue weighted by Gasteiger charge is -2.43. The van der Waals surface area contributed by atoms with E-state index in [1.807, 2.05) is 0 Å². The van der Waals surface area contributed by atoms with E-state index >= 15 is 0 Å². The van der Waals surface area contributed by atoms with Gasteiger partial charge in [-0.3, -0.25) is 0 Å². The molecule has 56 heavy (non-hydrogen) atoms. The van der Waals surface area contributed by atoms with Crippen molar-refractivity contribution in [2.75, 3.05) is 0 Å². The summed E-state index contributed by atoms with van der Waals surface area (Å²) < 4.78 is 2.54. The van der Waals surface area contributed by atoms with Gasteiger partial charge in [0, 0.05) is 33.7 Å². The molecule has 0 bridgehead atoms. The molecule has 3 heterocycles. The summed E-state index contributed by atoms with van der Waals surface area (Å²) in [5, 5.41) is 2.57. The molecule has 1 spiro atoms. The molecule has 0 fully saturated rings. The first-order valence-corrected chi connectivity index (χ1v) is 19.6. The molecule has 7 aromatic carbocycles. The van der Waals surface area contributed by atoms with Crippen LogP contribution in [0.1, 0.15) is 28.2 Å². The zero-order valence-corrected chi connectivity index (χ0v) is 30.7. The number of pyridine rings is 1. The predicted octanol–water partition coefficient (Wildman–Crippen LogP) is 13.3. The molecular formula is C54H36N2. The zero-order valence-electron chi connectivity index (χ0n) is 30.7. The number of nitrogens with zero attached hydrogens (tertiary/aromatic N) is 2. The molecule has 0 radical (unpaired) electrons. The second-order valence-corrected chi connectivity index (χ2v) is 15.4. The van der Waals surface area contributed by atoms with Crippen LogP contribution in [-0.4, -0.2) is 9.55 Å². The van der Waals surface area contributed by atoms with Crippen LogP contribution in [0.15, 0.2) is 206 Å². The van der Waals surface area contributed by atoms with Crippen molar-refractivity contribution in [1.29, 1.82) is 0 Å². The summed E-state index contributed by atoms with van der Waals surface area (Å²) in [4.78, 5) is 5.31. The molecule has 0 saturated carbocycles. The van der Waals surface area contributed by atoms with Gasteiger partial charge in [0.1, 0.15) is 0 Å². The number of aromatic nitrogens is 2. The van der Waals surface area contributed by atoms with Gasteiger partial charge in [0.25, 0.3) is 0 Å². The Morgan fingerprint density at radius 3 is 1.93 bits per heavy atom. The van der Waals surface area contributed by atoms with Gasteiger partial charge < -0.3 is 4.57 Å². The minimum Gasteiger partial charge on any atom is -0.309 e. The molecule has 3 aliphatic rings. The van der Waals surface area contributed by atoms with Crippen LogP contribution in [0.4, 0.5) is 0 Å². The van der Waals surface area contributed by atoms with Crippen LogP contribution in [0.2, 0.25) is 0 Å². The molecule has 2 nitrogen and oxygen atoms in total. The summed E-state index contributed by atoms with van der Waals surface area (Å²) in [6, 6.07) is 67.0. The van der Waals surface area contributed by atoms with Crippen LogP contribution in [0.5, 0.6) is 0 Å². The van der Waals surface area contributed by atoms with Crippen LogP contribution in [0.25, 0.3) is 72.3 Å². The Labute approximate surface area is 326 Å². The third kappa shape index (κ3) is 4.36. The van der Waals surface area contributed by atoms with Crippen LogP contribution in [-0.2, 0) is 5.41 Å². The van der Waals surface area contributed by atoms with Crippen LogP contribution < -0.4 is 0 Å². The fourth-order valence-corrected chi connectivity index (χ4v) is 10.3. The molecule has 0 amide bonds. The minimum atomic E-state index is -0.370. The molecule has 3 atom stereocenters. The number of hydrogen-bond acceptors (Lipinski definition) is 1. The average molecular weight is 713 g/mol.